The molecule has 0 amide bonds. The summed E-state index contributed by atoms with van der Waals surface area (Å²) in [4.78, 5) is 41.7. The smallest absolute Gasteiger partial charge is 0.359 e. The van der Waals surface area contributed by atoms with Crippen molar-refractivity contribution in [2.75, 3.05) is 13.2 Å². The minimum Gasteiger partial charge on any atom is -0.461 e. The molecule has 0 aliphatic carbocycles. The van der Waals surface area contributed by atoms with Gasteiger partial charge in [-0.1, -0.05) is 55.8 Å². The van der Waals surface area contributed by atoms with Gasteiger partial charge in [0.2, 0.25) is 0 Å². The predicted molar refractivity (Wildman–Crippen MR) is 180 cm³/mol. The Balaban J connectivity index is 1.79. The molecule has 2 N–H and O–H groups in total. The van der Waals surface area contributed by atoms with Gasteiger partial charge in [-0.15, -0.1) is 0 Å². The Bertz CT molecular complexity index is 1770. The topological polar surface area (TPSA) is 120 Å². The zero-order chi connectivity index (χ0) is 33.7. The van der Waals surface area contributed by atoms with E-state index in [9.17, 15) is 19.5 Å². The molecule has 2 heterocycles. The summed E-state index contributed by atoms with van der Waals surface area (Å²) in [5.74, 6) is -1.46. The van der Waals surface area contributed by atoms with Gasteiger partial charge in [0.25, 0.3) is 0 Å². The number of hydrogen-bond acceptors (Lipinski definition) is 8. The fourth-order valence-corrected chi connectivity index (χ4v) is 5.95. The SMILES string of the molecule is CCCCc1c(-c2ccc(C(=O)OC(C)(C)C)cc2C(=O)c2cccc3c2CC(CO)NC3)c(C(=O)OCC)nn1-c1ccccc1. The first-order valence-electron chi connectivity index (χ1n) is 16.3. The average molecular weight is 638 g/mol. The van der Waals surface area contributed by atoms with E-state index in [0.29, 0.717) is 36.1 Å². The molecule has 9 heteroatoms. The standard InChI is InChI=1S/C38H43N3O6/c1-6-8-17-32-33(34(37(45)46-7-2)40-41(32)27-14-10-9-11-15-27)28-19-18-24(36(44)47-38(3,4)5)20-31(28)35(43)29-16-12-13-25-22-39-26(23-42)21-30(25)29/h9-16,18-20,26,39,42H,6-8,17,21-23H2,1-5H3. The van der Waals surface area contributed by atoms with Gasteiger partial charge < -0.3 is 19.9 Å². The van der Waals surface area contributed by atoms with Crippen molar-refractivity contribution in [3.05, 3.63) is 106 Å². The van der Waals surface area contributed by atoms with Crippen molar-refractivity contribution in [2.24, 2.45) is 0 Å². The zero-order valence-electron chi connectivity index (χ0n) is 27.8. The highest BCUT2D eigenvalue weighted by Gasteiger charge is 2.31. The molecule has 0 fully saturated rings. The maximum atomic E-state index is 14.8. The van der Waals surface area contributed by atoms with Gasteiger partial charge in [0.15, 0.2) is 11.5 Å². The number of aromatic nitrogens is 2. The van der Waals surface area contributed by atoms with Crippen LogP contribution in [0.1, 0.15) is 101 Å². The lowest BCUT2D eigenvalue weighted by Crippen LogP contribution is -2.39. The van der Waals surface area contributed by atoms with Crippen molar-refractivity contribution in [3.63, 3.8) is 0 Å². The number of rotatable bonds is 11. The van der Waals surface area contributed by atoms with Gasteiger partial charge in [-0.25, -0.2) is 14.3 Å². The van der Waals surface area contributed by atoms with E-state index in [4.69, 9.17) is 14.6 Å². The largest absolute Gasteiger partial charge is 0.461 e. The Morgan fingerprint density at radius 1 is 0.979 bits per heavy atom. The van der Waals surface area contributed by atoms with E-state index in [1.165, 1.54) is 0 Å². The van der Waals surface area contributed by atoms with E-state index in [2.05, 4.69) is 12.2 Å². The van der Waals surface area contributed by atoms with Crippen molar-refractivity contribution in [3.8, 4) is 16.8 Å². The number of unbranched alkanes of at least 4 members (excludes halogenated alkanes) is 1. The van der Waals surface area contributed by atoms with Crippen molar-refractivity contribution in [2.45, 2.75) is 78.5 Å². The summed E-state index contributed by atoms with van der Waals surface area (Å²) in [7, 11) is 0. The Kier molecular flexibility index (Phi) is 10.4. The molecule has 0 radical (unpaired) electrons. The van der Waals surface area contributed by atoms with Crippen LogP contribution in [0.2, 0.25) is 0 Å². The summed E-state index contributed by atoms with van der Waals surface area (Å²) in [6.45, 7) is 9.80. The zero-order valence-corrected chi connectivity index (χ0v) is 27.8. The molecular weight excluding hydrogens is 594 g/mol. The van der Waals surface area contributed by atoms with Crippen LogP contribution in [0.5, 0.6) is 0 Å². The molecular formula is C38H43N3O6. The number of ether oxygens (including phenoxy) is 2. The third-order valence-corrected chi connectivity index (χ3v) is 8.16. The maximum Gasteiger partial charge on any atom is 0.359 e. The highest BCUT2D eigenvalue weighted by Crippen LogP contribution is 2.36. The third-order valence-electron chi connectivity index (χ3n) is 8.16. The minimum atomic E-state index is -0.744. The molecule has 47 heavy (non-hydrogen) atoms. The summed E-state index contributed by atoms with van der Waals surface area (Å²) in [5.41, 5.74) is 4.63. The van der Waals surface area contributed by atoms with Gasteiger partial charge in [-0.2, -0.15) is 5.10 Å². The number of nitrogens with one attached hydrogen (secondary N) is 1. The monoisotopic (exact) mass is 637 g/mol. The molecule has 246 valence electrons. The Hall–Kier alpha value is -4.60. The summed E-state index contributed by atoms with van der Waals surface area (Å²) in [6.07, 6.45) is 2.76. The normalized spacial score (nSPS) is 14.4. The molecule has 0 spiro atoms. The highest BCUT2D eigenvalue weighted by molar-refractivity contribution is 6.16. The predicted octanol–water partition coefficient (Wildman–Crippen LogP) is 6.25. The second-order valence-corrected chi connectivity index (χ2v) is 12.7. The Morgan fingerprint density at radius 3 is 2.43 bits per heavy atom. The number of para-hydroxylation sites is 1. The number of fused-ring (bicyclic) bond motifs is 1. The van der Waals surface area contributed by atoms with Crippen LogP contribution < -0.4 is 5.32 Å². The van der Waals surface area contributed by atoms with E-state index in [1.807, 2.05) is 42.5 Å². The molecule has 0 bridgehead atoms. The Labute approximate surface area is 275 Å². The second-order valence-electron chi connectivity index (χ2n) is 12.7. The van der Waals surface area contributed by atoms with E-state index < -0.39 is 17.5 Å². The van der Waals surface area contributed by atoms with Crippen LogP contribution in [0.3, 0.4) is 0 Å². The molecule has 1 atom stereocenters. The van der Waals surface area contributed by atoms with Crippen LogP contribution in [0, 0.1) is 0 Å². The maximum absolute atomic E-state index is 14.8. The van der Waals surface area contributed by atoms with Crippen LogP contribution in [0.25, 0.3) is 16.8 Å². The molecule has 4 aromatic rings. The van der Waals surface area contributed by atoms with Gasteiger partial charge in [0.1, 0.15) is 5.60 Å². The lowest BCUT2D eigenvalue weighted by molar-refractivity contribution is 0.00692. The fraction of sp³-hybridized carbons (Fsp3) is 0.368. The highest BCUT2D eigenvalue weighted by atomic mass is 16.6. The van der Waals surface area contributed by atoms with Crippen LogP contribution in [0.15, 0.2) is 66.7 Å². The van der Waals surface area contributed by atoms with Gasteiger partial charge in [0.05, 0.1) is 30.2 Å². The van der Waals surface area contributed by atoms with E-state index in [1.54, 1.807) is 56.6 Å². The minimum absolute atomic E-state index is 0.0658. The number of hydrogen-bond donors (Lipinski definition) is 2. The van der Waals surface area contributed by atoms with Gasteiger partial charge in [0, 0.05) is 29.3 Å². The van der Waals surface area contributed by atoms with E-state index in [0.717, 1.165) is 35.3 Å². The van der Waals surface area contributed by atoms with Gasteiger partial charge in [-0.3, -0.25) is 4.79 Å². The van der Waals surface area contributed by atoms with Crippen LogP contribution in [-0.2, 0) is 28.9 Å². The van der Waals surface area contributed by atoms with E-state index >= 15 is 0 Å². The molecule has 0 saturated heterocycles. The Morgan fingerprint density at radius 2 is 1.74 bits per heavy atom. The number of benzene rings is 3. The number of nitrogens with zero attached hydrogens (tertiary/aromatic N) is 2. The summed E-state index contributed by atoms with van der Waals surface area (Å²) in [6, 6.07) is 19.9. The number of aliphatic hydroxyl groups excluding tert-OH is 1. The van der Waals surface area contributed by atoms with Crippen molar-refractivity contribution < 1.29 is 29.0 Å². The van der Waals surface area contributed by atoms with Crippen molar-refractivity contribution in [1.82, 2.24) is 15.1 Å². The first kappa shape index (κ1) is 33.8. The van der Waals surface area contributed by atoms with E-state index in [-0.39, 0.29) is 41.9 Å². The molecule has 0 saturated carbocycles. The summed E-state index contributed by atoms with van der Waals surface area (Å²) >= 11 is 0. The van der Waals surface area contributed by atoms with Gasteiger partial charge in [-0.05, 0) is 87.9 Å². The summed E-state index contributed by atoms with van der Waals surface area (Å²) in [5, 5.41) is 18.0. The number of carbonyl (C=O) groups is 3. The van der Waals surface area contributed by atoms with Crippen LogP contribution in [-0.4, -0.2) is 57.5 Å². The molecule has 3 aromatic carbocycles. The molecule has 1 aromatic heterocycles. The number of ketones is 1. The van der Waals surface area contributed by atoms with Crippen molar-refractivity contribution in [1.29, 1.82) is 0 Å². The van der Waals surface area contributed by atoms with Crippen LogP contribution in [0.4, 0.5) is 0 Å². The van der Waals surface area contributed by atoms with Crippen LogP contribution >= 0.6 is 0 Å². The summed E-state index contributed by atoms with van der Waals surface area (Å²) < 4.78 is 12.9. The number of esters is 2. The molecule has 9 nitrogen and oxygen atoms in total. The molecule has 1 unspecified atom stereocenters. The quantitative estimate of drug-likeness (QED) is 0.146. The second kappa shape index (κ2) is 14.4. The number of carbonyl (C=O) groups excluding carboxylic acids is 3. The average Bonchev–Trinajstić information content (AvgIpc) is 3.45. The van der Waals surface area contributed by atoms with Crippen molar-refractivity contribution >= 4 is 17.7 Å². The number of aliphatic hydroxyl groups is 1. The molecule has 1 aliphatic rings. The lowest BCUT2D eigenvalue weighted by atomic mass is 9.85. The van der Waals surface area contributed by atoms with Gasteiger partial charge >= 0.3 is 11.9 Å². The lowest BCUT2D eigenvalue weighted by Gasteiger charge is -2.26. The first-order valence-corrected chi connectivity index (χ1v) is 16.3. The molecule has 1 aliphatic heterocycles. The molecule has 5 rings (SSSR count). The fourth-order valence-electron chi connectivity index (χ4n) is 5.95. The first-order chi connectivity index (χ1) is 22.6. The third kappa shape index (κ3) is 7.37.